The molecule has 1 aromatic heterocycles. The fraction of sp³-hybridized carbons (Fsp3) is 0.714. The highest BCUT2D eigenvalue weighted by atomic mass is 79.9. The van der Waals surface area contributed by atoms with Crippen LogP contribution in [0, 0.1) is 16.7 Å². The summed E-state index contributed by atoms with van der Waals surface area (Å²) in [5.41, 5.74) is 1.81. The summed E-state index contributed by atoms with van der Waals surface area (Å²) in [7, 11) is 0. The second-order valence-electron chi connectivity index (χ2n) is 5.10. The summed E-state index contributed by atoms with van der Waals surface area (Å²) in [6.45, 7) is 6.32. The molecular weight excluding hydrogens is 306 g/mol. The number of ether oxygens (including phenoxy) is 1. The van der Waals surface area contributed by atoms with Gasteiger partial charge in [0.2, 0.25) is 0 Å². The van der Waals surface area contributed by atoms with Crippen LogP contribution in [0.25, 0.3) is 0 Å². The van der Waals surface area contributed by atoms with Gasteiger partial charge in [-0.2, -0.15) is 10.4 Å². The second kappa shape index (κ2) is 6.06. The van der Waals surface area contributed by atoms with Gasteiger partial charge in [-0.05, 0) is 42.1 Å². The van der Waals surface area contributed by atoms with E-state index in [9.17, 15) is 5.26 Å². The van der Waals surface area contributed by atoms with E-state index in [2.05, 4.69) is 40.9 Å². The maximum atomic E-state index is 9.55. The Balaban J connectivity index is 2.31. The molecule has 0 N–H and O–H groups in total. The molecule has 0 saturated carbocycles. The Hall–Kier alpha value is -0.860. The number of hydrogen-bond acceptors (Lipinski definition) is 3. The van der Waals surface area contributed by atoms with Gasteiger partial charge in [0.05, 0.1) is 34.0 Å². The molecule has 104 valence electrons. The van der Waals surface area contributed by atoms with Crippen molar-refractivity contribution in [2.75, 3.05) is 13.2 Å². The standard InChI is InChI=1S/C14H20BrN3O/c1-3-11-13(15)12(18(4-2)17-11)8-14(9-16)6-5-7-19-10-14/h3-8,10H2,1-2H3. The predicted octanol–water partition coefficient (Wildman–Crippen LogP) is 3.09. The van der Waals surface area contributed by atoms with Crippen molar-refractivity contribution in [3.8, 4) is 6.07 Å². The summed E-state index contributed by atoms with van der Waals surface area (Å²) in [5, 5.41) is 14.1. The van der Waals surface area contributed by atoms with Crippen LogP contribution in [-0.2, 0) is 24.1 Å². The molecule has 1 fully saturated rings. The average Bonchev–Trinajstić information content (AvgIpc) is 2.76. The van der Waals surface area contributed by atoms with Gasteiger partial charge < -0.3 is 4.74 Å². The molecule has 2 rings (SSSR count). The first-order valence-electron chi connectivity index (χ1n) is 6.89. The number of rotatable bonds is 4. The second-order valence-corrected chi connectivity index (χ2v) is 5.89. The molecule has 0 aromatic carbocycles. The zero-order valence-corrected chi connectivity index (χ0v) is 13.2. The third-order valence-electron chi connectivity index (χ3n) is 3.76. The molecule has 1 atom stereocenters. The molecule has 5 heteroatoms. The van der Waals surface area contributed by atoms with Crippen LogP contribution in [0.5, 0.6) is 0 Å². The lowest BCUT2D eigenvalue weighted by Crippen LogP contribution is -2.33. The highest BCUT2D eigenvalue weighted by Gasteiger charge is 2.35. The van der Waals surface area contributed by atoms with Gasteiger partial charge in [0.25, 0.3) is 0 Å². The topological polar surface area (TPSA) is 50.8 Å². The molecule has 0 aliphatic carbocycles. The average molecular weight is 326 g/mol. The molecule has 1 unspecified atom stereocenters. The zero-order chi connectivity index (χ0) is 13.9. The Bertz CT molecular complexity index is 484. The lowest BCUT2D eigenvalue weighted by molar-refractivity contribution is 0.0214. The fourth-order valence-electron chi connectivity index (χ4n) is 2.63. The number of aromatic nitrogens is 2. The minimum atomic E-state index is -0.390. The monoisotopic (exact) mass is 325 g/mol. The Labute approximate surface area is 122 Å². The van der Waals surface area contributed by atoms with Crippen LogP contribution in [-0.4, -0.2) is 23.0 Å². The van der Waals surface area contributed by atoms with Gasteiger partial charge in [-0.25, -0.2) is 0 Å². The first-order chi connectivity index (χ1) is 9.15. The van der Waals surface area contributed by atoms with Crippen molar-refractivity contribution in [3.63, 3.8) is 0 Å². The fourth-order valence-corrected chi connectivity index (χ4v) is 3.33. The maximum absolute atomic E-state index is 9.55. The summed E-state index contributed by atoms with van der Waals surface area (Å²) >= 11 is 3.65. The lowest BCUT2D eigenvalue weighted by Gasteiger charge is -2.30. The van der Waals surface area contributed by atoms with Gasteiger partial charge >= 0.3 is 0 Å². The van der Waals surface area contributed by atoms with Gasteiger partial charge in [-0.15, -0.1) is 0 Å². The quantitative estimate of drug-likeness (QED) is 0.854. The SMILES string of the molecule is CCc1nn(CC)c(CC2(C#N)CCCOC2)c1Br. The molecule has 1 aromatic rings. The first-order valence-corrected chi connectivity index (χ1v) is 7.68. The largest absolute Gasteiger partial charge is 0.380 e. The van der Waals surface area contributed by atoms with Gasteiger partial charge in [0.1, 0.15) is 0 Å². The van der Waals surface area contributed by atoms with Gasteiger partial charge in [0.15, 0.2) is 0 Å². The van der Waals surface area contributed by atoms with E-state index in [0.717, 1.165) is 48.3 Å². The molecule has 19 heavy (non-hydrogen) atoms. The van der Waals surface area contributed by atoms with E-state index in [1.807, 2.05) is 4.68 Å². The van der Waals surface area contributed by atoms with Crippen molar-refractivity contribution < 1.29 is 4.74 Å². The molecular formula is C14H20BrN3O. The van der Waals surface area contributed by atoms with Crippen LogP contribution in [0.2, 0.25) is 0 Å². The van der Waals surface area contributed by atoms with Gasteiger partial charge in [-0.1, -0.05) is 6.92 Å². The first kappa shape index (κ1) is 14.5. The predicted molar refractivity (Wildman–Crippen MR) is 76.8 cm³/mol. The third kappa shape index (κ3) is 2.85. The summed E-state index contributed by atoms with van der Waals surface area (Å²) in [4.78, 5) is 0. The highest BCUT2D eigenvalue weighted by molar-refractivity contribution is 9.10. The lowest BCUT2D eigenvalue weighted by atomic mass is 9.80. The Morgan fingerprint density at radius 2 is 2.32 bits per heavy atom. The summed E-state index contributed by atoms with van der Waals surface area (Å²) < 4.78 is 8.60. The van der Waals surface area contributed by atoms with E-state index in [1.165, 1.54) is 0 Å². The van der Waals surface area contributed by atoms with Crippen molar-refractivity contribution in [2.24, 2.45) is 5.41 Å². The van der Waals surface area contributed by atoms with Crippen molar-refractivity contribution in [3.05, 3.63) is 15.9 Å². The normalized spacial score (nSPS) is 23.3. The molecule has 1 aliphatic heterocycles. The van der Waals surface area contributed by atoms with E-state index in [0.29, 0.717) is 13.0 Å². The summed E-state index contributed by atoms with van der Waals surface area (Å²) in [6, 6.07) is 2.48. The number of nitriles is 1. The maximum Gasteiger partial charge on any atom is 0.0863 e. The van der Waals surface area contributed by atoms with Crippen LogP contribution < -0.4 is 0 Å². The van der Waals surface area contributed by atoms with Crippen LogP contribution in [0.4, 0.5) is 0 Å². The van der Waals surface area contributed by atoms with Gasteiger partial charge in [0, 0.05) is 19.6 Å². The Kier molecular flexibility index (Phi) is 4.64. The van der Waals surface area contributed by atoms with E-state index >= 15 is 0 Å². The molecule has 0 amide bonds. The number of hydrogen-bond donors (Lipinski definition) is 0. The van der Waals surface area contributed by atoms with Crippen LogP contribution in [0.1, 0.15) is 38.1 Å². The highest BCUT2D eigenvalue weighted by Crippen LogP contribution is 2.35. The van der Waals surface area contributed by atoms with E-state index < -0.39 is 5.41 Å². The third-order valence-corrected chi connectivity index (χ3v) is 4.67. The van der Waals surface area contributed by atoms with Crippen LogP contribution in [0.15, 0.2) is 4.47 Å². The Morgan fingerprint density at radius 1 is 1.53 bits per heavy atom. The minimum Gasteiger partial charge on any atom is -0.380 e. The van der Waals surface area contributed by atoms with Crippen molar-refractivity contribution in [2.45, 2.75) is 46.1 Å². The molecule has 0 bridgehead atoms. The zero-order valence-electron chi connectivity index (χ0n) is 11.6. The summed E-state index contributed by atoms with van der Waals surface area (Å²) in [6.07, 6.45) is 3.49. The Morgan fingerprint density at radius 3 is 2.84 bits per heavy atom. The van der Waals surface area contributed by atoms with E-state index in [4.69, 9.17) is 4.74 Å². The van der Waals surface area contributed by atoms with Crippen molar-refractivity contribution in [1.82, 2.24) is 9.78 Å². The number of nitrogens with zero attached hydrogens (tertiary/aromatic N) is 3. The molecule has 1 saturated heterocycles. The van der Waals surface area contributed by atoms with E-state index in [-0.39, 0.29) is 0 Å². The number of halogens is 1. The smallest absolute Gasteiger partial charge is 0.0863 e. The van der Waals surface area contributed by atoms with Crippen molar-refractivity contribution in [1.29, 1.82) is 5.26 Å². The molecule has 2 heterocycles. The molecule has 4 nitrogen and oxygen atoms in total. The van der Waals surface area contributed by atoms with Gasteiger partial charge in [-0.3, -0.25) is 4.68 Å². The number of aryl methyl sites for hydroxylation is 2. The molecule has 1 aliphatic rings. The van der Waals surface area contributed by atoms with Crippen LogP contribution in [0.3, 0.4) is 0 Å². The summed E-state index contributed by atoms with van der Waals surface area (Å²) in [5.74, 6) is 0. The van der Waals surface area contributed by atoms with E-state index in [1.54, 1.807) is 0 Å². The minimum absolute atomic E-state index is 0.390. The van der Waals surface area contributed by atoms with Crippen LogP contribution >= 0.6 is 15.9 Å². The molecule has 0 radical (unpaired) electrons. The van der Waals surface area contributed by atoms with Crippen molar-refractivity contribution >= 4 is 15.9 Å². The molecule has 0 spiro atoms.